The van der Waals surface area contributed by atoms with Crippen LogP contribution in [0.3, 0.4) is 0 Å². The molecule has 3 aromatic rings. The van der Waals surface area contributed by atoms with E-state index in [4.69, 9.17) is 0 Å². The predicted molar refractivity (Wildman–Crippen MR) is 119 cm³/mol. The van der Waals surface area contributed by atoms with Gasteiger partial charge in [0.1, 0.15) is 10.0 Å². The van der Waals surface area contributed by atoms with Gasteiger partial charge >= 0.3 is 5.97 Å². The maximum atomic E-state index is 13.1. The minimum atomic E-state index is -3.76. The Morgan fingerprint density at radius 2 is 1.68 bits per heavy atom. The lowest BCUT2D eigenvalue weighted by Gasteiger charge is -2.38. The van der Waals surface area contributed by atoms with E-state index in [1.54, 1.807) is 35.7 Å². The van der Waals surface area contributed by atoms with Crippen molar-refractivity contribution in [2.24, 2.45) is 0 Å². The number of rotatable bonds is 6. The Morgan fingerprint density at radius 1 is 1.00 bits per heavy atom. The van der Waals surface area contributed by atoms with Gasteiger partial charge < -0.3 is 14.9 Å². The second-order valence-electron chi connectivity index (χ2n) is 7.03. The van der Waals surface area contributed by atoms with Crippen LogP contribution in [0.5, 0.6) is 0 Å². The smallest absolute Gasteiger partial charge is 0.337 e. The number of piperazine rings is 1. The Bertz CT molecular complexity index is 1170. The molecule has 1 aliphatic heterocycles. The number of thiophene rings is 1. The van der Waals surface area contributed by atoms with Crippen molar-refractivity contribution < 1.29 is 22.7 Å². The first-order chi connectivity index (χ1) is 14.8. The van der Waals surface area contributed by atoms with Gasteiger partial charge in [-0.15, -0.1) is 11.3 Å². The lowest BCUT2D eigenvalue weighted by Crippen LogP contribution is -2.47. The monoisotopic (exact) mass is 461 g/mol. The van der Waals surface area contributed by atoms with Crippen molar-refractivity contribution in [1.82, 2.24) is 0 Å². The van der Waals surface area contributed by atoms with Crippen molar-refractivity contribution >= 4 is 44.4 Å². The average molecular weight is 462 g/mol. The maximum Gasteiger partial charge on any atom is 0.337 e. The predicted octanol–water partition coefficient (Wildman–Crippen LogP) is 3.71. The standard InChI is InChI=1S/C21H20FN3O4S2/c22-15-3-6-17(7-4-15)24-9-11-25(12-10-24)19-8-5-16(14-18(19)21(26)27)23-31(28,29)20-2-1-13-30-20/h1-8,13-14,23H,9-12H2,(H,26,27). The van der Waals surface area contributed by atoms with Crippen molar-refractivity contribution in [1.29, 1.82) is 0 Å². The number of aromatic carboxylic acids is 1. The third-order valence-corrected chi connectivity index (χ3v) is 7.83. The highest BCUT2D eigenvalue weighted by Gasteiger charge is 2.23. The summed E-state index contributed by atoms with van der Waals surface area (Å²) in [6.07, 6.45) is 0. The zero-order valence-corrected chi connectivity index (χ0v) is 18.0. The summed E-state index contributed by atoms with van der Waals surface area (Å²) in [4.78, 5) is 16.0. The molecular formula is C21H20FN3O4S2. The lowest BCUT2D eigenvalue weighted by molar-refractivity contribution is 0.0697. The van der Waals surface area contributed by atoms with Gasteiger partial charge in [0.15, 0.2) is 0 Å². The minimum Gasteiger partial charge on any atom is -0.478 e. The van der Waals surface area contributed by atoms with Crippen LogP contribution in [0.4, 0.5) is 21.5 Å². The van der Waals surface area contributed by atoms with Crippen molar-refractivity contribution in [3.05, 3.63) is 71.4 Å². The molecule has 2 N–H and O–H groups in total. The summed E-state index contributed by atoms with van der Waals surface area (Å²) in [7, 11) is -3.76. The van der Waals surface area contributed by atoms with Crippen LogP contribution < -0.4 is 14.5 Å². The van der Waals surface area contributed by atoms with E-state index < -0.39 is 16.0 Å². The van der Waals surface area contributed by atoms with E-state index in [1.807, 2.05) is 4.90 Å². The number of carbonyl (C=O) groups is 1. The molecule has 31 heavy (non-hydrogen) atoms. The number of hydrogen-bond donors (Lipinski definition) is 2. The molecule has 0 spiro atoms. The Balaban J connectivity index is 1.51. The molecule has 7 nitrogen and oxygen atoms in total. The number of nitrogens with one attached hydrogen (secondary N) is 1. The van der Waals surface area contributed by atoms with E-state index in [1.165, 1.54) is 24.3 Å². The topological polar surface area (TPSA) is 89.9 Å². The normalized spacial score (nSPS) is 14.5. The molecule has 1 fully saturated rings. The Hall–Kier alpha value is -3.11. The van der Waals surface area contributed by atoms with E-state index in [0.29, 0.717) is 31.9 Å². The molecule has 10 heteroatoms. The summed E-state index contributed by atoms with van der Waals surface area (Å²) >= 11 is 1.08. The van der Waals surface area contributed by atoms with E-state index >= 15 is 0 Å². The highest BCUT2D eigenvalue weighted by atomic mass is 32.2. The van der Waals surface area contributed by atoms with Gasteiger partial charge in [-0.25, -0.2) is 17.6 Å². The second kappa shape index (κ2) is 8.56. The number of carboxylic acid groups (broad SMARTS) is 1. The summed E-state index contributed by atoms with van der Waals surface area (Å²) in [5, 5.41) is 11.4. The lowest BCUT2D eigenvalue weighted by atomic mass is 10.1. The molecule has 0 radical (unpaired) electrons. The van der Waals surface area contributed by atoms with Gasteiger partial charge in [-0.05, 0) is 53.9 Å². The summed E-state index contributed by atoms with van der Waals surface area (Å²) in [5.41, 5.74) is 1.67. The number of anilines is 3. The van der Waals surface area contributed by atoms with Crippen molar-refractivity contribution in [3.8, 4) is 0 Å². The summed E-state index contributed by atoms with van der Waals surface area (Å²) < 4.78 is 40.6. The third kappa shape index (κ3) is 4.64. The van der Waals surface area contributed by atoms with Crippen LogP contribution in [0.2, 0.25) is 0 Å². The first-order valence-corrected chi connectivity index (χ1v) is 11.9. The molecule has 2 heterocycles. The van der Waals surface area contributed by atoms with Crippen molar-refractivity contribution in [3.63, 3.8) is 0 Å². The summed E-state index contributed by atoms with van der Waals surface area (Å²) in [5.74, 6) is -1.42. The molecule has 1 aliphatic rings. The largest absolute Gasteiger partial charge is 0.478 e. The van der Waals surface area contributed by atoms with Crippen LogP contribution in [-0.4, -0.2) is 45.7 Å². The molecule has 1 saturated heterocycles. The fourth-order valence-electron chi connectivity index (χ4n) is 3.53. The Labute approximate surface area is 183 Å². The Morgan fingerprint density at radius 3 is 2.29 bits per heavy atom. The fraction of sp³-hybridized carbons (Fsp3) is 0.190. The number of sulfonamides is 1. The number of halogens is 1. The highest BCUT2D eigenvalue weighted by molar-refractivity contribution is 7.94. The van der Waals surface area contributed by atoms with Gasteiger partial charge in [0.2, 0.25) is 0 Å². The van der Waals surface area contributed by atoms with Gasteiger partial charge in [-0.1, -0.05) is 6.07 Å². The van der Waals surface area contributed by atoms with Gasteiger partial charge in [-0.3, -0.25) is 4.72 Å². The van der Waals surface area contributed by atoms with Crippen LogP contribution in [0.15, 0.2) is 64.2 Å². The number of benzene rings is 2. The molecule has 4 rings (SSSR count). The summed E-state index contributed by atoms with van der Waals surface area (Å²) in [6.45, 7) is 2.46. The molecule has 0 unspecified atom stereocenters. The number of nitrogens with zero attached hydrogens (tertiary/aromatic N) is 2. The van der Waals surface area contributed by atoms with Crippen molar-refractivity contribution in [2.45, 2.75) is 4.21 Å². The fourth-order valence-corrected chi connectivity index (χ4v) is 5.57. The van der Waals surface area contributed by atoms with Crippen LogP contribution >= 0.6 is 11.3 Å². The van der Waals surface area contributed by atoms with Crippen LogP contribution in [-0.2, 0) is 10.0 Å². The summed E-state index contributed by atoms with van der Waals surface area (Å²) in [6, 6.07) is 13.9. The molecule has 1 aromatic heterocycles. The third-order valence-electron chi connectivity index (χ3n) is 5.05. The number of carboxylic acids is 1. The van der Waals surface area contributed by atoms with E-state index in [9.17, 15) is 22.7 Å². The van der Waals surface area contributed by atoms with Gasteiger partial charge in [0.05, 0.1) is 11.3 Å². The van der Waals surface area contributed by atoms with E-state index in [-0.39, 0.29) is 21.3 Å². The van der Waals surface area contributed by atoms with E-state index in [2.05, 4.69) is 9.62 Å². The maximum absolute atomic E-state index is 13.1. The minimum absolute atomic E-state index is 0.0293. The van der Waals surface area contributed by atoms with Gasteiger partial charge in [-0.2, -0.15) is 0 Å². The zero-order valence-electron chi connectivity index (χ0n) is 16.4. The zero-order chi connectivity index (χ0) is 22.0. The first-order valence-electron chi connectivity index (χ1n) is 9.52. The molecule has 162 valence electrons. The van der Waals surface area contributed by atoms with Crippen LogP contribution in [0.25, 0.3) is 0 Å². The van der Waals surface area contributed by atoms with Crippen LogP contribution in [0.1, 0.15) is 10.4 Å². The first kappa shape index (κ1) is 21.1. The van der Waals surface area contributed by atoms with Crippen molar-refractivity contribution in [2.75, 3.05) is 40.7 Å². The average Bonchev–Trinajstić information content (AvgIpc) is 3.30. The van der Waals surface area contributed by atoms with Gasteiger partial charge in [0, 0.05) is 37.6 Å². The molecule has 0 saturated carbocycles. The number of hydrogen-bond acceptors (Lipinski definition) is 6. The molecule has 0 bridgehead atoms. The molecular weight excluding hydrogens is 441 g/mol. The quantitative estimate of drug-likeness (QED) is 0.582. The molecule has 0 amide bonds. The van der Waals surface area contributed by atoms with E-state index in [0.717, 1.165) is 17.0 Å². The van der Waals surface area contributed by atoms with Crippen LogP contribution in [0, 0.1) is 5.82 Å². The second-order valence-corrected chi connectivity index (χ2v) is 9.88. The Kier molecular flexibility index (Phi) is 5.84. The molecule has 2 aromatic carbocycles. The highest BCUT2D eigenvalue weighted by Crippen LogP contribution is 2.28. The van der Waals surface area contributed by atoms with Gasteiger partial charge in [0.25, 0.3) is 10.0 Å². The SMILES string of the molecule is O=C(O)c1cc(NS(=O)(=O)c2cccs2)ccc1N1CCN(c2ccc(F)cc2)CC1. The molecule has 0 aliphatic carbocycles. The molecule has 0 atom stereocenters.